The summed E-state index contributed by atoms with van der Waals surface area (Å²) in [6.45, 7) is 2.06. The van der Waals surface area contributed by atoms with Gasteiger partial charge in [0.15, 0.2) is 17.1 Å². The molecule has 0 spiro atoms. The van der Waals surface area contributed by atoms with Gasteiger partial charge in [-0.05, 0) is 25.1 Å². The number of ether oxygens (including phenoxy) is 1. The lowest BCUT2D eigenvalue weighted by molar-refractivity contribution is 0.0519. The van der Waals surface area contributed by atoms with Gasteiger partial charge in [0.05, 0.1) is 12.9 Å². The predicted molar refractivity (Wildman–Crippen MR) is 66.6 cm³/mol. The Morgan fingerprint density at radius 3 is 3.11 bits per heavy atom. The molecule has 0 aromatic carbocycles. The molecule has 0 fully saturated rings. The van der Waals surface area contributed by atoms with E-state index in [1.54, 1.807) is 42.1 Å². The van der Waals surface area contributed by atoms with E-state index in [1.807, 2.05) is 6.07 Å². The van der Waals surface area contributed by atoms with Crippen molar-refractivity contribution in [2.24, 2.45) is 0 Å². The first-order chi connectivity index (χ1) is 9.29. The van der Waals surface area contributed by atoms with E-state index in [0.717, 1.165) is 5.69 Å². The minimum Gasteiger partial charge on any atom is -0.463 e. The van der Waals surface area contributed by atoms with Crippen LogP contribution in [0.2, 0.25) is 0 Å². The van der Waals surface area contributed by atoms with E-state index in [9.17, 15) is 4.79 Å². The molecule has 0 atom stereocenters. The third-order valence-corrected chi connectivity index (χ3v) is 2.62. The maximum Gasteiger partial charge on any atom is 0.358 e. The van der Waals surface area contributed by atoms with E-state index >= 15 is 0 Å². The van der Waals surface area contributed by atoms with Crippen molar-refractivity contribution >= 4 is 11.6 Å². The molecule has 0 N–H and O–H groups in total. The minimum absolute atomic E-state index is 0.230. The second-order valence-corrected chi connectivity index (χ2v) is 3.83. The molecule has 0 aliphatic carbocycles. The van der Waals surface area contributed by atoms with Crippen LogP contribution in [0, 0.1) is 0 Å². The Morgan fingerprint density at radius 2 is 2.37 bits per heavy atom. The van der Waals surface area contributed by atoms with E-state index in [-0.39, 0.29) is 5.69 Å². The quantitative estimate of drug-likeness (QED) is 0.672. The van der Waals surface area contributed by atoms with Gasteiger partial charge < -0.3 is 9.15 Å². The monoisotopic (exact) mass is 257 g/mol. The van der Waals surface area contributed by atoms with Gasteiger partial charge in [-0.25, -0.2) is 14.3 Å². The molecule has 3 aromatic heterocycles. The van der Waals surface area contributed by atoms with Gasteiger partial charge in [0, 0.05) is 12.3 Å². The van der Waals surface area contributed by atoms with Crippen molar-refractivity contribution in [3.8, 4) is 11.5 Å². The SMILES string of the molecule is CCOC(=O)c1cc2nccc(-c3ccco3)n2n1. The maximum atomic E-state index is 11.7. The second kappa shape index (κ2) is 4.56. The van der Waals surface area contributed by atoms with Gasteiger partial charge in [-0.15, -0.1) is 0 Å². The Hall–Kier alpha value is -2.63. The van der Waals surface area contributed by atoms with Gasteiger partial charge >= 0.3 is 5.97 Å². The molecular formula is C13H11N3O3. The average Bonchev–Trinajstić information content (AvgIpc) is 3.07. The van der Waals surface area contributed by atoms with Crippen molar-refractivity contribution in [1.82, 2.24) is 14.6 Å². The summed E-state index contributed by atoms with van der Waals surface area (Å²) < 4.78 is 11.8. The Labute approximate surface area is 108 Å². The van der Waals surface area contributed by atoms with Crippen molar-refractivity contribution in [2.45, 2.75) is 6.92 Å². The van der Waals surface area contributed by atoms with Gasteiger partial charge in [0.25, 0.3) is 0 Å². The van der Waals surface area contributed by atoms with E-state index in [4.69, 9.17) is 9.15 Å². The number of aromatic nitrogens is 3. The molecule has 6 nitrogen and oxygen atoms in total. The van der Waals surface area contributed by atoms with E-state index < -0.39 is 5.97 Å². The molecule has 3 rings (SSSR count). The molecule has 3 heterocycles. The van der Waals surface area contributed by atoms with E-state index in [1.165, 1.54) is 0 Å². The molecular weight excluding hydrogens is 246 g/mol. The molecule has 0 unspecified atom stereocenters. The second-order valence-electron chi connectivity index (χ2n) is 3.83. The zero-order valence-electron chi connectivity index (χ0n) is 10.2. The van der Waals surface area contributed by atoms with Gasteiger partial charge in [-0.3, -0.25) is 0 Å². The number of hydrogen-bond donors (Lipinski definition) is 0. The Kier molecular flexibility index (Phi) is 2.75. The molecule has 6 heteroatoms. The Bertz CT molecular complexity index is 716. The van der Waals surface area contributed by atoms with Crippen molar-refractivity contribution < 1.29 is 13.9 Å². The lowest BCUT2D eigenvalue weighted by Crippen LogP contribution is -2.05. The van der Waals surface area contributed by atoms with Crippen LogP contribution < -0.4 is 0 Å². The Morgan fingerprint density at radius 1 is 1.47 bits per heavy atom. The first-order valence-electron chi connectivity index (χ1n) is 5.85. The van der Waals surface area contributed by atoms with Crippen LogP contribution in [-0.2, 0) is 4.74 Å². The predicted octanol–water partition coefficient (Wildman–Crippen LogP) is 2.17. The van der Waals surface area contributed by atoms with Crippen LogP contribution in [0.15, 0.2) is 41.1 Å². The highest BCUT2D eigenvalue weighted by molar-refractivity contribution is 5.88. The van der Waals surface area contributed by atoms with Crippen molar-refractivity contribution in [3.63, 3.8) is 0 Å². The van der Waals surface area contributed by atoms with E-state index in [2.05, 4.69) is 10.1 Å². The summed E-state index contributed by atoms with van der Waals surface area (Å²) in [5, 5.41) is 4.21. The summed E-state index contributed by atoms with van der Waals surface area (Å²) >= 11 is 0. The average molecular weight is 257 g/mol. The molecule has 3 aromatic rings. The molecule has 0 saturated carbocycles. The maximum absolute atomic E-state index is 11.7. The lowest BCUT2D eigenvalue weighted by Gasteiger charge is -2.00. The number of fused-ring (bicyclic) bond motifs is 1. The van der Waals surface area contributed by atoms with Crippen molar-refractivity contribution in [2.75, 3.05) is 6.61 Å². The molecule has 96 valence electrons. The zero-order chi connectivity index (χ0) is 13.2. The highest BCUT2D eigenvalue weighted by Crippen LogP contribution is 2.20. The topological polar surface area (TPSA) is 69.6 Å². The van der Waals surface area contributed by atoms with Crippen LogP contribution in [0.5, 0.6) is 0 Å². The molecule has 0 amide bonds. The highest BCUT2D eigenvalue weighted by atomic mass is 16.5. The fraction of sp³-hybridized carbons (Fsp3) is 0.154. The van der Waals surface area contributed by atoms with Crippen molar-refractivity contribution in [3.05, 3.63) is 42.4 Å². The summed E-state index contributed by atoms with van der Waals surface area (Å²) in [7, 11) is 0. The van der Waals surface area contributed by atoms with Crippen LogP contribution in [0.4, 0.5) is 0 Å². The number of carbonyl (C=O) groups is 1. The fourth-order valence-corrected chi connectivity index (χ4v) is 1.81. The summed E-state index contributed by atoms with van der Waals surface area (Å²) in [4.78, 5) is 15.8. The first kappa shape index (κ1) is 11.5. The van der Waals surface area contributed by atoms with Gasteiger partial charge in [0.2, 0.25) is 0 Å². The largest absolute Gasteiger partial charge is 0.463 e. The summed E-state index contributed by atoms with van der Waals surface area (Å²) in [6, 6.07) is 6.97. The number of rotatable bonds is 3. The third-order valence-electron chi connectivity index (χ3n) is 2.62. The smallest absolute Gasteiger partial charge is 0.358 e. The number of furan rings is 1. The molecule has 0 aliphatic rings. The standard InChI is InChI=1S/C13H11N3O3/c1-2-18-13(17)9-8-12-14-6-5-10(16(12)15-9)11-4-3-7-19-11/h3-8H,2H2,1H3. The molecule has 0 saturated heterocycles. The van der Waals surface area contributed by atoms with Crippen molar-refractivity contribution in [1.29, 1.82) is 0 Å². The molecule has 19 heavy (non-hydrogen) atoms. The van der Waals surface area contributed by atoms with Crippen LogP contribution in [0.1, 0.15) is 17.4 Å². The zero-order valence-corrected chi connectivity index (χ0v) is 10.2. The van der Waals surface area contributed by atoms with Gasteiger partial charge in [0.1, 0.15) is 5.69 Å². The van der Waals surface area contributed by atoms with Crippen LogP contribution >= 0.6 is 0 Å². The van der Waals surface area contributed by atoms with Gasteiger partial charge in [-0.2, -0.15) is 5.10 Å². The minimum atomic E-state index is -0.460. The number of nitrogens with zero attached hydrogens (tertiary/aromatic N) is 3. The highest BCUT2D eigenvalue weighted by Gasteiger charge is 2.15. The number of esters is 1. The summed E-state index contributed by atoms with van der Waals surface area (Å²) in [5.74, 6) is 0.198. The van der Waals surface area contributed by atoms with Crippen LogP contribution in [0.25, 0.3) is 17.1 Å². The molecule has 0 radical (unpaired) electrons. The first-order valence-corrected chi connectivity index (χ1v) is 5.85. The summed E-state index contributed by atoms with van der Waals surface area (Å²) in [5.41, 5.74) is 1.52. The lowest BCUT2D eigenvalue weighted by atomic mass is 10.3. The Balaban J connectivity index is 2.13. The van der Waals surface area contributed by atoms with Crippen LogP contribution in [0.3, 0.4) is 0 Å². The number of carbonyl (C=O) groups excluding carboxylic acids is 1. The van der Waals surface area contributed by atoms with E-state index in [0.29, 0.717) is 18.0 Å². The molecule has 0 aliphatic heterocycles. The molecule has 0 bridgehead atoms. The number of hydrogen-bond acceptors (Lipinski definition) is 5. The summed E-state index contributed by atoms with van der Waals surface area (Å²) in [6.07, 6.45) is 3.22. The van der Waals surface area contributed by atoms with Crippen LogP contribution in [-0.4, -0.2) is 27.2 Å². The van der Waals surface area contributed by atoms with Gasteiger partial charge in [-0.1, -0.05) is 0 Å². The normalized spacial score (nSPS) is 10.8. The fourth-order valence-electron chi connectivity index (χ4n) is 1.81. The third kappa shape index (κ3) is 1.97.